The van der Waals surface area contributed by atoms with Crippen LogP contribution < -0.4 is 10.2 Å². The van der Waals surface area contributed by atoms with Gasteiger partial charge >= 0.3 is 0 Å². The summed E-state index contributed by atoms with van der Waals surface area (Å²) in [7, 11) is 0. The van der Waals surface area contributed by atoms with Gasteiger partial charge < -0.3 is 10.2 Å². The molecule has 1 aliphatic heterocycles. The molecule has 28 heavy (non-hydrogen) atoms. The van der Waals surface area contributed by atoms with Crippen LogP contribution in [0, 0.1) is 19.8 Å². The SMILES string of the molecule is Cc1cc(C)n(-c2cc(N3CCC[C@H](C(=O)NCc4cccs4)C3)ncn2)n1. The van der Waals surface area contributed by atoms with Crippen LogP contribution in [0.5, 0.6) is 0 Å². The minimum Gasteiger partial charge on any atom is -0.356 e. The zero-order valence-corrected chi connectivity index (χ0v) is 16.9. The number of rotatable bonds is 5. The van der Waals surface area contributed by atoms with Gasteiger partial charge in [-0.1, -0.05) is 6.07 Å². The summed E-state index contributed by atoms with van der Waals surface area (Å²) in [4.78, 5) is 24.8. The van der Waals surface area contributed by atoms with E-state index in [9.17, 15) is 4.79 Å². The molecule has 1 fully saturated rings. The summed E-state index contributed by atoms with van der Waals surface area (Å²) in [5.74, 6) is 1.68. The maximum Gasteiger partial charge on any atom is 0.225 e. The summed E-state index contributed by atoms with van der Waals surface area (Å²) in [6.07, 6.45) is 3.44. The molecule has 0 spiro atoms. The van der Waals surface area contributed by atoms with Gasteiger partial charge in [0.05, 0.1) is 18.2 Å². The Kier molecular flexibility index (Phi) is 5.38. The highest BCUT2D eigenvalue weighted by Crippen LogP contribution is 2.23. The van der Waals surface area contributed by atoms with E-state index >= 15 is 0 Å². The van der Waals surface area contributed by atoms with Crippen LogP contribution in [-0.4, -0.2) is 38.7 Å². The molecule has 1 amide bonds. The topological polar surface area (TPSA) is 75.9 Å². The van der Waals surface area contributed by atoms with E-state index in [1.165, 1.54) is 4.88 Å². The van der Waals surface area contributed by atoms with Gasteiger partial charge in [0, 0.05) is 29.7 Å². The quantitative estimate of drug-likeness (QED) is 0.718. The number of piperidine rings is 1. The van der Waals surface area contributed by atoms with Crippen LogP contribution in [0.2, 0.25) is 0 Å². The third-order valence-electron chi connectivity index (χ3n) is 5.00. The molecule has 8 heteroatoms. The number of anilines is 1. The molecule has 3 aromatic rings. The molecular weight excluding hydrogens is 372 g/mol. The van der Waals surface area contributed by atoms with Gasteiger partial charge in [0.1, 0.15) is 12.1 Å². The summed E-state index contributed by atoms with van der Waals surface area (Å²) in [5.41, 5.74) is 1.99. The molecule has 0 bridgehead atoms. The summed E-state index contributed by atoms with van der Waals surface area (Å²) >= 11 is 1.66. The highest BCUT2D eigenvalue weighted by molar-refractivity contribution is 7.09. The number of aryl methyl sites for hydroxylation is 2. The molecule has 0 saturated carbocycles. The van der Waals surface area contributed by atoms with Crippen molar-refractivity contribution >= 4 is 23.1 Å². The molecule has 146 valence electrons. The molecule has 4 rings (SSSR count). The van der Waals surface area contributed by atoms with Gasteiger partial charge in [-0.25, -0.2) is 14.6 Å². The predicted octanol–water partition coefficient (Wildman–Crippen LogP) is 2.87. The van der Waals surface area contributed by atoms with Gasteiger partial charge in [-0.2, -0.15) is 5.10 Å². The molecular formula is C20H24N6OS. The van der Waals surface area contributed by atoms with E-state index in [0.717, 1.165) is 42.4 Å². The van der Waals surface area contributed by atoms with Crippen molar-refractivity contribution in [1.29, 1.82) is 0 Å². The average Bonchev–Trinajstić information content (AvgIpc) is 3.35. The van der Waals surface area contributed by atoms with Crippen LogP contribution in [0.25, 0.3) is 5.82 Å². The summed E-state index contributed by atoms with van der Waals surface area (Å²) < 4.78 is 1.83. The number of nitrogens with one attached hydrogen (secondary N) is 1. The lowest BCUT2D eigenvalue weighted by Gasteiger charge is -2.32. The van der Waals surface area contributed by atoms with E-state index in [4.69, 9.17) is 0 Å². The first-order valence-electron chi connectivity index (χ1n) is 9.51. The van der Waals surface area contributed by atoms with Crippen LogP contribution in [0.3, 0.4) is 0 Å². The number of aromatic nitrogens is 4. The monoisotopic (exact) mass is 396 g/mol. The van der Waals surface area contributed by atoms with Crippen LogP contribution in [0.15, 0.2) is 36.0 Å². The lowest BCUT2D eigenvalue weighted by Crippen LogP contribution is -2.43. The second kappa shape index (κ2) is 8.10. The second-order valence-electron chi connectivity index (χ2n) is 7.16. The Hall–Kier alpha value is -2.74. The van der Waals surface area contributed by atoms with Gasteiger partial charge in [-0.15, -0.1) is 11.3 Å². The number of thiophene rings is 1. The van der Waals surface area contributed by atoms with Gasteiger partial charge in [-0.3, -0.25) is 4.79 Å². The van der Waals surface area contributed by atoms with E-state index < -0.39 is 0 Å². The molecule has 4 heterocycles. The summed E-state index contributed by atoms with van der Waals surface area (Å²) in [5, 5.41) is 9.60. The number of amides is 1. The second-order valence-corrected chi connectivity index (χ2v) is 8.19. The Morgan fingerprint density at radius 2 is 2.14 bits per heavy atom. The highest BCUT2D eigenvalue weighted by atomic mass is 32.1. The number of carbonyl (C=O) groups is 1. The maximum absolute atomic E-state index is 12.6. The van der Waals surface area contributed by atoms with Crippen LogP contribution in [0.1, 0.15) is 29.1 Å². The summed E-state index contributed by atoms with van der Waals surface area (Å²) in [6, 6.07) is 8.02. The van der Waals surface area contributed by atoms with E-state index in [1.807, 2.05) is 48.2 Å². The van der Waals surface area contributed by atoms with Crippen molar-refractivity contribution in [3.63, 3.8) is 0 Å². The van der Waals surface area contributed by atoms with Crippen molar-refractivity contribution in [2.45, 2.75) is 33.2 Å². The molecule has 0 unspecified atom stereocenters. The summed E-state index contributed by atoms with van der Waals surface area (Å²) in [6.45, 7) is 6.14. The van der Waals surface area contributed by atoms with E-state index in [2.05, 4.69) is 25.3 Å². The van der Waals surface area contributed by atoms with E-state index in [-0.39, 0.29) is 11.8 Å². The minimum absolute atomic E-state index is 0.0270. The normalized spacial score (nSPS) is 16.9. The van der Waals surface area contributed by atoms with Crippen LogP contribution in [0.4, 0.5) is 5.82 Å². The largest absolute Gasteiger partial charge is 0.356 e. The van der Waals surface area contributed by atoms with Crippen molar-refractivity contribution < 1.29 is 4.79 Å². The predicted molar refractivity (Wildman–Crippen MR) is 110 cm³/mol. The number of carbonyl (C=O) groups excluding carboxylic acids is 1. The number of nitrogens with zero attached hydrogens (tertiary/aromatic N) is 5. The first-order valence-corrected chi connectivity index (χ1v) is 10.4. The smallest absolute Gasteiger partial charge is 0.225 e. The molecule has 0 aromatic carbocycles. The van der Waals surface area contributed by atoms with Gasteiger partial charge in [0.25, 0.3) is 0 Å². The van der Waals surface area contributed by atoms with Crippen molar-refractivity contribution in [2.24, 2.45) is 5.92 Å². The zero-order valence-electron chi connectivity index (χ0n) is 16.1. The minimum atomic E-state index is -0.0270. The molecule has 0 aliphatic carbocycles. The number of hydrogen-bond donors (Lipinski definition) is 1. The Morgan fingerprint density at radius 1 is 1.29 bits per heavy atom. The fourth-order valence-corrected chi connectivity index (χ4v) is 4.26. The Bertz CT molecular complexity index is 952. The maximum atomic E-state index is 12.6. The van der Waals surface area contributed by atoms with Crippen molar-refractivity contribution in [3.05, 3.63) is 52.2 Å². The Balaban J connectivity index is 1.45. The first kappa shape index (κ1) is 18.6. The van der Waals surface area contributed by atoms with Gasteiger partial charge in [-0.05, 0) is 44.2 Å². The van der Waals surface area contributed by atoms with E-state index in [1.54, 1.807) is 17.7 Å². The molecule has 7 nitrogen and oxygen atoms in total. The van der Waals surface area contributed by atoms with Crippen LogP contribution in [-0.2, 0) is 11.3 Å². The van der Waals surface area contributed by atoms with Crippen molar-refractivity contribution in [2.75, 3.05) is 18.0 Å². The van der Waals surface area contributed by atoms with Gasteiger partial charge in [0.15, 0.2) is 5.82 Å². The number of hydrogen-bond acceptors (Lipinski definition) is 6. The van der Waals surface area contributed by atoms with Crippen LogP contribution >= 0.6 is 11.3 Å². The lowest BCUT2D eigenvalue weighted by atomic mass is 9.97. The fourth-order valence-electron chi connectivity index (χ4n) is 3.62. The zero-order chi connectivity index (χ0) is 19.5. The van der Waals surface area contributed by atoms with Gasteiger partial charge in [0.2, 0.25) is 5.91 Å². The average molecular weight is 397 g/mol. The Morgan fingerprint density at radius 3 is 2.89 bits per heavy atom. The third kappa shape index (κ3) is 4.06. The molecule has 1 atom stereocenters. The molecule has 1 N–H and O–H groups in total. The molecule has 3 aromatic heterocycles. The van der Waals surface area contributed by atoms with Crippen molar-refractivity contribution in [3.8, 4) is 5.82 Å². The Labute approximate surface area is 168 Å². The molecule has 0 radical (unpaired) electrons. The third-order valence-corrected chi connectivity index (χ3v) is 5.87. The fraction of sp³-hybridized carbons (Fsp3) is 0.400. The lowest BCUT2D eigenvalue weighted by molar-refractivity contribution is -0.125. The molecule has 1 saturated heterocycles. The van der Waals surface area contributed by atoms with E-state index in [0.29, 0.717) is 13.1 Å². The van der Waals surface area contributed by atoms with Crippen molar-refractivity contribution in [1.82, 2.24) is 25.1 Å². The standard InChI is InChI=1S/C20H24N6OS/c1-14-9-15(2)26(24-14)19-10-18(22-13-23-19)25-7-3-5-16(12-25)20(27)21-11-17-6-4-8-28-17/h4,6,8-10,13,16H,3,5,7,11-12H2,1-2H3,(H,21,27)/t16-/m0/s1. The molecule has 1 aliphatic rings. The highest BCUT2D eigenvalue weighted by Gasteiger charge is 2.26. The first-order chi connectivity index (χ1) is 13.6.